The van der Waals surface area contributed by atoms with Gasteiger partial charge in [0.15, 0.2) is 5.82 Å². The molecule has 3 aromatic rings. The van der Waals surface area contributed by atoms with E-state index in [0.29, 0.717) is 29.6 Å². The monoisotopic (exact) mass is 446 g/mol. The summed E-state index contributed by atoms with van der Waals surface area (Å²) in [5.74, 6) is 2.05. The van der Waals surface area contributed by atoms with Crippen LogP contribution in [-0.2, 0) is 0 Å². The van der Waals surface area contributed by atoms with Crippen molar-refractivity contribution in [2.75, 3.05) is 13.2 Å². The molecule has 0 amide bonds. The highest BCUT2D eigenvalue weighted by Crippen LogP contribution is 2.32. The lowest BCUT2D eigenvalue weighted by Crippen LogP contribution is -2.01. The Bertz CT molecular complexity index is 999. The van der Waals surface area contributed by atoms with E-state index in [1.54, 1.807) is 10.9 Å². The number of halogens is 1. The predicted molar refractivity (Wildman–Crippen MR) is 112 cm³/mol. The number of ether oxygens (including phenoxy) is 2. The van der Waals surface area contributed by atoms with Gasteiger partial charge in [0, 0.05) is 17.2 Å². The molecule has 6 nitrogen and oxygen atoms in total. The van der Waals surface area contributed by atoms with E-state index in [0.717, 1.165) is 21.3 Å². The number of aromatic amines is 1. The number of hydrogen-bond acceptors (Lipinski definition) is 5. The van der Waals surface area contributed by atoms with Crippen LogP contribution in [0.1, 0.15) is 19.4 Å². The molecule has 0 saturated heterocycles. The van der Waals surface area contributed by atoms with Crippen molar-refractivity contribution in [3.8, 4) is 22.9 Å². The fourth-order valence-electron chi connectivity index (χ4n) is 2.49. The van der Waals surface area contributed by atoms with Crippen LogP contribution in [0.4, 0.5) is 0 Å². The van der Waals surface area contributed by atoms with Gasteiger partial charge in [0.2, 0.25) is 4.77 Å². The summed E-state index contributed by atoms with van der Waals surface area (Å²) in [7, 11) is 0. The number of H-pyrrole nitrogens is 1. The Morgan fingerprint density at radius 2 is 1.85 bits per heavy atom. The second-order valence-corrected chi connectivity index (χ2v) is 6.70. The summed E-state index contributed by atoms with van der Waals surface area (Å²) in [5, 5.41) is 11.6. The maximum Gasteiger partial charge on any atom is 0.216 e. The summed E-state index contributed by atoms with van der Waals surface area (Å²) in [4.78, 5) is 0. The smallest absolute Gasteiger partial charge is 0.216 e. The molecular weight excluding hydrogens is 428 g/mol. The summed E-state index contributed by atoms with van der Waals surface area (Å²) in [5.41, 5.74) is 1.72. The van der Waals surface area contributed by atoms with Crippen molar-refractivity contribution >= 4 is 34.4 Å². The van der Waals surface area contributed by atoms with Gasteiger partial charge in [-0.1, -0.05) is 30.3 Å². The molecule has 1 N–H and O–H groups in total. The average molecular weight is 447 g/mol. The van der Waals surface area contributed by atoms with Gasteiger partial charge < -0.3 is 9.47 Å². The lowest BCUT2D eigenvalue weighted by molar-refractivity contribution is 0.321. The van der Waals surface area contributed by atoms with Crippen molar-refractivity contribution in [3.05, 3.63) is 57.3 Å². The molecule has 1 heterocycles. The Balaban J connectivity index is 2.01. The first kappa shape index (κ1) is 19.3. The zero-order valence-electron chi connectivity index (χ0n) is 15.0. The lowest BCUT2D eigenvalue weighted by atomic mass is 10.2. The van der Waals surface area contributed by atoms with E-state index < -0.39 is 0 Å². The van der Waals surface area contributed by atoms with Crippen LogP contribution in [0.5, 0.6) is 11.5 Å². The van der Waals surface area contributed by atoms with Crippen molar-refractivity contribution in [3.63, 3.8) is 0 Å². The van der Waals surface area contributed by atoms with Crippen LogP contribution >= 0.6 is 28.1 Å². The van der Waals surface area contributed by atoms with Crippen molar-refractivity contribution in [1.82, 2.24) is 14.9 Å². The van der Waals surface area contributed by atoms with Gasteiger partial charge in [0.1, 0.15) is 11.5 Å². The average Bonchev–Trinajstić information content (AvgIpc) is 3.04. The number of hydrogen-bond donors (Lipinski definition) is 1. The van der Waals surface area contributed by atoms with Gasteiger partial charge >= 0.3 is 0 Å². The van der Waals surface area contributed by atoms with Gasteiger partial charge in [-0.05, 0) is 48.1 Å². The molecule has 0 atom stereocenters. The largest absolute Gasteiger partial charge is 0.493 e. The summed E-state index contributed by atoms with van der Waals surface area (Å²) < 4.78 is 14.2. The SMILES string of the molecule is CCOc1cc(OCC)c(/C=N\n2c(-c3ccccc3)n[nH]c2=S)cc1Br. The minimum Gasteiger partial charge on any atom is -0.493 e. The minimum atomic E-state index is 0.410. The van der Waals surface area contributed by atoms with Crippen LogP contribution in [0, 0.1) is 4.77 Å². The molecule has 0 aliphatic heterocycles. The van der Waals surface area contributed by atoms with Gasteiger partial charge in [0.25, 0.3) is 0 Å². The molecule has 0 fully saturated rings. The molecule has 0 spiro atoms. The molecule has 0 saturated carbocycles. The highest BCUT2D eigenvalue weighted by atomic mass is 79.9. The minimum absolute atomic E-state index is 0.410. The Labute approximate surface area is 171 Å². The van der Waals surface area contributed by atoms with Gasteiger partial charge in [-0.3, -0.25) is 0 Å². The normalized spacial score (nSPS) is 11.1. The fraction of sp³-hybridized carbons (Fsp3) is 0.211. The van der Waals surface area contributed by atoms with Crippen molar-refractivity contribution < 1.29 is 9.47 Å². The number of rotatable bonds is 7. The van der Waals surface area contributed by atoms with Crippen molar-refractivity contribution in [1.29, 1.82) is 0 Å². The number of benzene rings is 2. The molecule has 8 heteroatoms. The quantitative estimate of drug-likeness (QED) is 0.407. The molecule has 0 unspecified atom stereocenters. The van der Waals surface area contributed by atoms with Crippen LogP contribution < -0.4 is 9.47 Å². The standard InChI is InChI=1S/C19H19BrN4O2S/c1-3-25-16-11-17(26-4-2)15(20)10-14(16)12-21-24-18(22-23-19(24)27)13-8-6-5-7-9-13/h5-12H,3-4H2,1-2H3,(H,23,27)/b21-12-. The third-order valence-electron chi connectivity index (χ3n) is 3.66. The third-order valence-corrected chi connectivity index (χ3v) is 4.54. The maximum absolute atomic E-state index is 5.74. The number of aromatic nitrogens is 3. The van der Waals surface area contributed by atoms with E-state index in [9.17, 15) is 0 Å². The van der Waals surface area contributed by atoms with Gasteiger partial charge in [-0.15, -0.1) is 0 Å². The number of nitrogens with zero attached hydrogens (tertiary/aromatic N) is 3. The highest BCUT2D eigenvalue weighted by Gasteiger charge is 2.11. The molecule has 2 aromatic carbocycles. The summed E-state index contributed by atoms with van der Waals surface area (Å²) in [6, 6.07) is 13.5. The fourth-order valence-corrected chi connectivity index (χ4v) is 3.15. The maximum atomic E-state index is 5.74. The topological polar surface area (TPSA) is 64.4 Å². The summed E-state index contributed by atoms with van der Waals surface area (Å²) >= 11 is 8.85. The van der Waals surface area contributed by atoms with Crippen LogP contribution in [-0.4, -0.2) is 34.3 Å². The molecule has 0 aliphatic carbocycles. The van der Waals surface area contributed by atoms with Crippen LogP contribution in [0.15, 0.2) is 52.0 Å². The first-order valence-corrected chi connectivity index (χ1v) is 9.70. The molecular formula is C19H19BrN4O2S. The van der Waals surface area contributed by atoms with Crippen molar-refractivity contribution in [2.24, 2.45) is 5.10 Å². The second kappa shape index (κ2) is 8.96. The Morgan fingerprint density at radius 3 is 2.56 bits per heavy atom. The molecule has 0 radical (unpaired) electrons. The van der Waals surface area contributed by atoms with E-state index in [1.165, 1.54) is 0 Å². The zero-order chi connectivity index (χ0) is 19.2. The molecule has 3 rings (SSSR count). The van der Waals surface area contributed by atoms with E-state index in [1.807, 2.05) is 56.3 Å². The van der Waals surface area contributed by atoms with Gasteiger partial charge in [0.05, 0.1) is 23.9 Å². The first-order chi connectivity index (χ1) is 13.1. The van der Waals surface area contributed by atoms with Crippen LogP contribution in [0.3, 0.4) is 0 Å². The Kier molecular flexibility index (Phi) is 6.41. The molecule has 0 aliphatic rings. The molecule has 140 valence electrons. The zero-order valence-corrected chi connectivity index (χ0v) is 17.4. The second-order valence-electron chi connectivity index (χ2n) is 5.46. The van der Waals surface area contributed by atoms with Crippen LogP contribution in [0.2, 0.25) is 0 Å². The highest BCUT2D eigenvalue weighted by molar-refractivity contribution is 9.10. The third kappa shape index (κ3) is 4.45. The van der Waals surface area contributed by atoms with E-state index in [4.69, 9.17) is 21.7 Å². The van der Waals surface area contributed by atoms with Crippen LogP contribution in [0.25, 0.3) is 11.4 Å². The summed E-state index contributed by atoms with van der Waals surface area (Å²) in [6.45, 7) is 4.98. The first-order valence-electron chi connectivity index (χ1n) is 8.50. The predicted octanol–water partition coefficient (Wildman–Crippen LogP) is 5.05. The van der Waals surface area contributed by atoms with Crippen molar-refractivity contribution in [2.45, 2.75) is 13.8 Å². The molecule has 1 aromatic heterocycles. The van der Waals surface area contributed by atoms with E-state index >= 15 is 0 Å². The summed E-state index contributed by atoms with van der Waals surface area (Å²) in [6.07, 6.45) is 1.70. The van der Waals surface area contributed by atoms with Gasteiger partial charge in [-0.2, -0.15) is 14.9 Å². The number of nitrogens with one attached hydrogen (secondary N) is 1. The van der Waals surface area contributed by atoms with Gasteiger partial charge in [-0.25, -0.2) is 5.10 Å². The lowest BCUT2D eigenvalue weighted by Gasteiger charge is -2.12. The molecule has 27 heavy (non-hydrogen) atoms. The molecule has 0 bridgehead atoms. The Morgan fingerprint density at radius 1 is 1.15 bits per heavy atom. The van der Waals surface area contributed by atoms with E-state index in [-0.39, 0.29) is 0 Å². The Hall–Kier alpha value is -2.45. The van der Waals surface area contributed by atoms with E-state index in [2.05, 4.69) is 31.2 Å².